The van der Waals surface area contributed by atoms with Gasteiger partial charge in [-0.1, -0.05) is 0 Å². The number of guanidine groups is 1. The zero-order valence-electron chi connectivity index (χ0n) is 17.0. The predicted octanol–water partition coefficient (Wildman–Crippen LogP) is 1.68. The Kier molecular flexibility index (Phi) is 8.09. The van der Waals surface area contributed by atoms with E-state index in [4.69, 9.17) is 4.99 Å². The smallest absolute Gasteiger partial charge is 0.225 e. The lowest BCUT2D eigenvalue weighted by Crippen LogP contribution is -2.53. The molecule has 0 amide bonds. The fourth-order valence-electron chi connectivity index (χ4n) is 3.38. The van der Waals surface area contributed by atoms with Gasteiger partial charge in [-0.15, -0.1) is 0 Å². The Morgan fingerprint density at radius 3 is 2.27 bits per heavy atom. The van der Waals surface area contributed by atoms with Gasteiger partial charge in [0.25, 0.3) is 0 Å². The second-order valence-electron chi connectivity index (χ2n) is 7.18. The molecule has 1 aromatic heterocycles. The van der Waals surface area contributed by atoms with Crippen molar-refractivity contribution in [3.05, 3.63) is 18.5 Å². The summed E-state index contributed by atoms with van der Waals surface area (Å²) in [5.41, 5.74) is 0. The van der Waals surface area contributed by atoms with Crippen LogP contribution < -0.4 is 10.2 Å². The third-order valence-electron chi connectivity index (χ3n) is 4.70. The van der Waals surface area contributed by atoms with Crippen molar-refractivity contribution >= 4 is 11.9 Å². The SMILES string of the molecule is CCNC(=NCCN(C(C)C)C(C)C)N1CCN(c2ncccn2)CC1. The highest BCUT2D eigenvalue weighted by molar-refractivity contribution is 5.80. The van der Waals surface area contributed by atoms with Gasteiger partial charge in [0.2, 0.25) is 5.95 Å². The van der Waals surface area contributed by atoms with Gasteiger partial charge in [-0.2, -0.15) is 0 Å². The summed E-state index contributed by atoms with van der Waals surface area (Å²) in [6, 6.07) is 2.94. The van der Waals surface area contributed by atoms with Gasteiger partial charge in [-0.25, -0.2) is 9.97 Å². The highest BCUT2D eigenvalue weighted by atomic mass is 15.4. The van der Waals surface area contributed by atoms with E-state index in [-0.39, 0.29) is 0 Å². The van der Waals surface area contributed by atoms with Gasteiger partial charge in [0, 0.05) is 63.7 Å². The summed E-state index contributed by atoms with van der Waals surface area (Å²) in [5, 5.41) is 3.45. The largest absolute Gasteiger partial charge is 0.357 e. The maximum absolute atomic E-state index is 4.88. The summed E-state index contributed by atoms with van der Waals surface area (Å²) in [7, 11) is 0. The minimum atomic E-state index is 0.544. The Bertz CT molecular complexity index is 528. The van der Waals surface area contributed by atoms with Crippen molar-refractivity contribution in [3.8, 4) is 0 Å². The van der Waals surface area contributed by atoms with E-state index >= 15 is 0 Å². The molecule has 1 aromatic rings. The predicted molar refractivity (Wildman–Crippen MR) is 109 cm³/mol. The number of aromatic nitrogens is 2. The fraction of sp³-hybridized carbons (Fsp3) is 0.737. The molecule has 2 heterocycles. The third kappa shape index (κ3) is 5.83. The maximum atomic E-state index is 4.88. The first-order valence-electron chi connectivity index (χ1n) is 9.83. The molecule has 146 valence electrons. The van der Waals surface area contributed by atoms with Crippen LogP contribution in [0.15, 0.2) is 23.5 Å². The van der Waals surface area contributed by atoms with Crippen LogP contribution in [0.3, 0.4) is 0 Å². The Hall–Kier alpha value is -1.89. The molecule has 0 aromatic carbocycles. The summed E-state index contributed by atoms with van der Waals surface area (Å²) in [5.74, 6) is 1.84. The molecule has 0 bridgehead atoms. The molecule has 1 aliphatic rings. The van der Waals surface area contributed by atoms with Crippen LogP contribution in [-0.2, 0) is 0 Å². The first-order chi connectivity index (χ1) is 12.5. The molecule has 7 nitrogen and oxygen atoms in total. The van der Waals surface area contributed by atoms with Crippen LogP contribution in [0, 0.1) is 0 Å². The number of rotatable bonds is 7. The van der Waals surface area contributed by atoms with E-state index in [2.05, 4.69) is 64.6 Å². The number of hydrogen-bond acceptors (Lipinski definition) is 5. The van der Waals surface area contributed by atoms with Crippen molar-refractivity contribution in [1.29, 1.82) is 0 Å². The molecular weight excluding hydrogens is 326 g/mol. The van der Waals surface area contributed by atoms with E-state index in [1.807, 2.05) is 6.07 Å². The van der Waals surface area contributed by atoms with Crippen molar-refractivity contribution < 1.29 is 0 Å². The molecule has 7 heteroatoms. The zero-order valence-corrected chi connectivity index (χ0v) is 17.0. The molecule has 1 aliphatic heterocycles. The Balaban J connectivity index is 1.91. The standard InChI is InChI=1S/C19H35N7/c1-6-20-18(23-10-11-26(16(2)3)17(4)5)24-12-14-25(15-13-24)19-21-8-7-9-22-19/h7-9,16-17H,6,10-15H2,1-5H3,(H,20,23). The molecule has 0 aliphatic carbocycles. The minimum Gasteiger partial charge on any atom is -0.357 e. The quantitative estimate of drug-likeness (QED) is 0.589. The molecule has 1 fully saturated rings. The molecule has 26 heavy (non-hydrogen) atoms. The average molecular weight is 362 g/mol. The minimum absolute atomic E-state index is 0.544. The van der Waals surface area contributed by atoms with Crippen LogP contribution in [0.4, 0.5) is 5.95 Å². The summed E-state index contributed by atoms with van der Waals surface area (Å²) in [6.07, 6.45) is 3.60. The highest BCUT2D eigenvalue weighted by Gasteiger charge is 2.21. The van der Waals surface area contributed by atoms with Crippen LogP contribution in [0.5, 0.6) is 0 Å². The van der Waals surface area contributed by atoms with E-state index in [0.29, 0.717) is 12.1 Å². The van der Waals surface area contributed by atoms with E-state index in [0.717, 1.165) is 57.7 Å². The van der Waals surface area contributed by atoms with Crippen LogP contribution in [0.25, 0.3) is 0 Å². The van der Waals surface area contributed by atoms with Crippen molar-refractivity contribution in [2.24, 2.45) is 4.99 Å². The first-order valence-corrected chi connectivity index (χ1v) is 9.83. The van der Waals surface area contributed by atoms with Crippen molar-refractivity contribution in [2.75, 3.05) is 50.7 Å². The topological polar surface area (TPSA) is 59.9 Å². The number of hydrogen-bond donors (Lipinski definition) is 1. The van der Waals surface area contributed by atoms with Gasteiger partial charge < -0.3 is 15.1 Å². The zero-order chi connectivity index (χ0) is 18.9. The molecule has 2 rings (SSSR count). The summed E-state index contributed by atoms with van der Waals surface area (Å²) < 4.78 is 0. The van der Waals surface area contributed by atoms with E-state index < -0.39 is 0 Å². The van der Waals surface area contributed by atoms with Crippen molar-refractivity contribution in [1.82, 2.24) is 25.1 Å². The van der Waals surface area contributed by atoms with Crippen LogP contribution in [-0.4, -0.2) is 83.6 Å². The second kappa shape index (κ2) is 10.3. The summed E-state index contributed by atoms with van der Waals surface area (Å²) in [4.78, 5) is 20.7. The summed E-state index contributed by atoms with van der Waals surface area (Å²) >= 11 is 0. The monoisotopic (exact) mass is 361 g/mol. The van der Waals surface area contributed by atoms with Gasteiger partial charge in [0.1, 0.15) is 0 Å². The lowest BCUT2D eigenvalue weighted by molar-refractivity contribution is 0.180. The molecule has 0 spiro atoms. The number of piperazine rings is 1. The van der Waals surface area contributed by atoms with Gasteiger partial charge in [0.05, 0.1) is 6.54 Å². The third-order valence-corrected chi connectivity index (χ3v) is 4.70. The van der Waals surface area contributed by atoms with E-state index in [1.54, 1.807) is 12.4 Å². The van der Waals surface area contributed by atoms with E-state index in [9.17, 15) is 0 Å². The lowest BCUT2D eigenvalue weighted by atomic mass is 10.2. The first kappa shape index (κ1) is 20.4. The second-order valence-corrected chi connectivity index (χ2v) is 7.18. The number of nitrogens with one attached hydrogen (secondary N) is 1. The van der Waals surface area contributed by atoms with Crippen LogP contribution in [0.2, 0.25) is 0 Å². The van der Waals surface area contributed by atoms with Gasteiger partial charge in [-0.3, -0.25) is 9.89 Å². The van der Waals surface area contributed by atoms with Crippen LogP contribution in [0.1, 0.15) is 34.6 Å². The number of aliphatic imine (C=N–C) groups is 1. The molecule has 1 N–H and O–H groups in total. The molecule has 0 atom stereocenters. The number of nitrogens with zero attached hydrogens (tertiary/aromatic N) is 6. The average Bonchev–Trinajstić information content (AvgIpc) is 2.64. The molecular formula is C19H35N7. The van der Waals surface area contributed by atoms with E-state index in [1.165, 1.54) is 0 Å². The van der Waals surface area contributed by atoms with Gasteiger partial charge in [-0.05, 0) is 40.7 Å². The van der Waals surface area contributed by atoms with Gasteiger partial charge >= 0.3 is 0 Å². The lowest BCUT2D eigenvalue weighted by Gasteiger charge is -2.36. The van der Waals surface area contributed by atoms with Crippen molar-refractivity contribution in [3.63, 3.8) is 0 Å². The van der Waals surface area contributed by atoms with Crippen molar-refractivity contribution in [2.45, 2.75) is 46.7 Å². The Morgan fingerprint density at radius 1 is 1.12 bits per heavy atom. The maximum Gasteiger partial charge on any atom is 0.225 e. The van der Waals surface area contributed by atoms with Crippen LogP contribution >= 0.6 is 0 Å². The normalized spacial score (nSPS) is 16.1. The fourth-order valence-corrected chi connectivity index (χ4v) is 3.38. The molecule has 0 radical (unpaired) electrons. The summed E-state index contributed by atoms with van der Waals surface area (Å²) in [6.45, 7) is 17.5. The highest BCUT2D eigenvalue weighted by Crippen LogP contribution is 2.10. The molecule has 0 saturated carbocycles. The number of anilines is 1. The molecule has 0 unspecified atom stereocenters. The van der Waals surface area contributed by atoms with Gasteiger partial charge in [0.15, 0.2) is 5.96 Å². The molecule has 1 saturated heterocycles. The Morgan fingerprint density at radius 2 is 1.73 bits per heavy atom. The Labute approximate surface area is 158 Å².